The van der Waals surface area contributed by atoms with Crippen molar-refractivity contribution in [3.8, 4) is 0 Å². The van der Waals surface area contributed by atoms with Crippen LogP contribution in [0.1, 0.15) is 18.1 Å². The Labute approximate surface area is 82.0 Å². The maximum atomic E-state index is 10.9. The lowest BCUT2D eigenvalue weighted by molar-refractivity contribution is -0.143. The molecule has 76 valence electrons. The van der Waals surface area contributed by atoms with Gasteiger partial charge >= 0.3 is 5.97 Å². The van der Waals surface area contributed by atoms with E-state index in [1.807, 2.05) is 0 Å². The number of aliphatic carboxylic acids is 1. The van der Waals surface area contributed by atoms with Gasteiger partial charge in [-0.3, -0.25) is 0 Å². The summed E-state index contributed by atoms with van der Waals surface area (Å²) in [5.41, 5.74) is 5.17. The Kier molecular flexibility index (Phi) is 2.88. The van der Waals surface area contributed by atoms with Gasteiger partial charge in [-0.1, -0.05) is 24.3 Å². The molecule has 0 radical (unpaired) electrons. The molecule has 0 aliphatic carbocycles. The molecule has 1 aromatic carbocycles. The first-order valence-corrected chi connectivity index (χ1v) is 4.21. The second-order valence-corrected chi connectivity index (χ2v) is 3.32. The molecule has 0 bridgehead atoms. The summed E-state index contributed by atoms with van der Waals surface area (Å²) in [6.45, 7) is 1.19. The number of rotatable bonds is 3. The molecule has 0 fully saturated rings. The molecule has 4 heteroatoms. The Hall–Kier alpha value is -1.39. The average Bonchev–Trinajstić information content (AvgIpc) is 2.17. The molecule has 1 atom stereocenters. The molecule has 4 nitrogen and oxygen atoms in total. The van der Waals surface area contributed by atoms with Gasteiger partial charge in [0.1, 0.15) is 5.54 Å². The van der Waals surface area contributed by atoms with Gasteiger partial charge in [0.05, 0.1) is 6.61 Å². The minimum absolute atomic E-state index is 0.212. The van der Waals surface area contributed by atoms with Crippen molar-refractivity contribution in [1.29, 1.82) is 0 Å². The fourth-order valence-electron chi connectivity index (χ4n) is 1.28. The van der Waals surface area contributed by atoms with E-state index in [4.69, 9.17) is 15.9 Å². The number of nitrogens with two attached hydrogens (primary N) is 1. The van der Waals surface area contributed by atoms with E-state index in [1.165, 1.54) is 6.92 Å². The second kappa shape index (κ2) is 3.77. The van der Waals surface area contributed by atoms with Crippen molar-refractivity contribution in [2.75, 3.05) is 0 Å². The normalized spacial score (nSPS) is 14.8. The molecule has 0 unspecified atom stereocenters. The van der Waals surface area contributed by atoms with E-state index in [1.54, 1.807) is 24.3 Å². The summed E-state index contributed by atoms with van der Waals surface area (Å²) in [6.07, 6.45) is 0. The van der Waals surface area contributed by atoms with Crippen LogP contribution in [0.2, 0.25) is 0 Å². The Morgan fingerprint density at radius 1 is 1.50 bits per heavy atom. The highest BCUT2D eigenvalue weighted by Gasteiger charge is 2.31. The van der Waals surface area contributed by atoms with Crippen LogP contribution in [0.5, 0.6) is 0 Å². The lowest BCUT2D eigenvalue weighted by Crippen LogP contribution is -2.42. The number of aliphatic hydroxyl groups excluding tert-OH is 1. The SMILES string of the molecule is C[C@](N)(C(=O)O)c1ccccc1CO. The average molecular weight is 195 g/mol. The van der Waals surface area contributed by atoms with Gasteiger partial charge in [0.15, 0.2) is 0 Å². The van der Waals surface area contributed by atoms with Crippen molar-refractivity contribution in [2.24, 2.45) is 5.73 Å². The van der Waals surface area contributed by atoms with Gasteiger partial charge in [0, 0.05) is 0 Å². The highest BCUT2D eigenvalue weighted by Crippen LogP contribution is 2.22. The summed E-state index contributed by atoms with van der Waals surface area (Å²) in [6, 6.07) is 6.69. The molecule has 0 spiro atoms. The standard InChI is InChI=1S/C10H13NO3/c1-10(11,9(13)14)8-5-3-2-4-7(8)6-12/h2-5,12H,6,11H2,1H3,(H,13,14)/t10-/m1/s1. The molecule has 0 aliphatic heterocycles. The van der Waals surface area contributed by atoms with Crippen molar-refractivity contribution in [1.82, 2.24) is 0 Å². The Balaban J connectivity index is 3.24. The summed E-state index contributed by atoms with van der Waals surface area (Å²) in [5.74, 6) is -1.11. The molecule has 1 aromatic rings. The van der Waals surface area contributed by atoms with Crippen LogP contribution in [0.25, 0.3) is 0 Å². The van der Waals surface area contributed by atoms with E-state index in [-0.39, 0.29) is 6.61 Å². The lowest BCUT2D eigenvalue weighted by Gasteiger charge is -2.22. The molecule has 14 heavy (non-hydrogen) atoms. The summed E-state index contributed by atoms with van der Waals surface area (Å²) in [4.78, 5) is 10.9. The van der Waals surface area contributed by atoms with Crippen molar-refractivity contribution >= 4 is 5.97 Å². The van der Waals surface area contributed by atoms with E-state index >= 15 is 0 Å². The van der Waals surface area contributed by atoms with Crippen LogP contribution >= 0.6 is 0 Å². The van der Waals surface area contributed by atoms with Crippen LogP contribution in [0.4, 0.5) is 0 Å². The smallest absolute Gasteiger partial charge is 0.328 e. The number of aliphatic hydroxyl groups is 1. The fourth-order valence-corrected chi connectivity index (χ4v) is 1.28. The molecule has 0 saturated heterocycles. The van der Waals surface area contributed by atoms with E-state index in [0.717, 1.165) is 0 Å². The van der Waals surface area contributed by atoms with Crippen LogP contribution in [-0.2, 0) is 16.9 Å². The number of carboxylic acid groups (broad SMARTS) is 1. The third-order valence-electron chi connectivity index (χ3n) is 2.19. The van der Waals surface area contributed by atoms with Gasteiger partial charge in [0.25, 0.3) is 0 Å². The fraction of sp³-hybridized carbons (Fsp3) is 0.300. The van der Waals surface area contributed by atoms with Crippen molar-refractivity contribution in [2.45, 2.75) is 19.1 Å². The predicted octanol–water partition coefficient (Wildman–Crippen LogP) is 0.437. The van der Waals surface area contributed by atoms with Crippen LogP contribution in [-0.4, -0.2) is 16.2 Å². The van der Waals surface area contributed by atoms with E-state index in [9.17, 15) is 4.79 Å². The Morgan fingerprint density at radius 2 is 2.07 bits per heavy atom. The maximum Gasteiger partial charge on any atom is 0.328 e. The largest absolute Gasteiger partial charge is 0.480 e. The number of carboxylic acids is 1. The van der Waals surface area contributed by atoms with E-state index < -0.39 is 11.5 Å². The first kappa shape index (κ1) is 10.7. The topological polar surface area (TPSA) is 83.6 Å². The zero-order valence-corrected chi connectivity index (χ0v) is 7.90. The van der Waals surface area contributed by atoms with Crippen LogP contribution < -0.4 is 5.73 Å². The van der Waals surface area contributed by atoms with Crippen LogP contribution in [0, 0.1) is 0 Å². The molecular formula is C10H13NO3. The zero-order chi connectivity index (χ0) is 10.8. The van der Waals surface area contributed by atoms with E-state index in [0.29, 0.717) is 11.1 Å². The minimum Gasteiger partial charge on any atom is -0.480 e. The maximum absolute atomic E-state index is 10.9. The van der Waals surface area contributed by atoms with Gasteiger partial charge in [-0.15, -0.1) is 0 Å². The van der Waals surface area contributed by atoms with Gasteiger partial charge in [0.2, 0.25) is 0 Å². The first-order valence-electron chi connectivity index (χ1n) is 4.21. The molecule has 0 amide bonds. The second-order valence-electron chi connectivity index (χ2n) is 3.32. The highest BCUT2D eigenvalue weighted by atomic mass is 16.4. The van der Waals surface area contributed by atoms with Crippen molar-refractivity contribution < 1.29 is 15.0 Å². The number of hydrogen-bond acceptors (Lipinski definition) is 3. The van der Waals surface area contributed by atoms with Gasteiger partial charge in [-0.2, -0.15) is 0 Å². The molecule has 0 saturated carbocycles. The number of benzene rings is 1. The predicted molar refractivity (Wildman–Crippen MR) is 51.5 cm³/mol. The van der Waals surface area contributed by atoms with Gasteiger partial charge in [-0.25, -0.2) is 4.79 Å². The molecule has 1 rings (SSSR count). The first-order chi connectivity index (χ1) is 6.50. The minimum atomic E-state index is -1.46. The quantitative estimate of drug-likeness (QED) is 0.653. The summed E-state index contributed by atoms with van der Waals surface area (Å²) in [5, 5.41) is 17.9. The van der Waals surface area contributed by atoms with Crippen LogP contribution in [0.3, 0.4) is 0 Å². The molecule has 0 heterocycles. The molecular weight excluding hydrogens is 182 g/mol. The van der Waals surface area contributed by atoms with Crippen LogP contribution in [0.15, 0.2) is 24.3 Å². The molecule has 0 aliphatic rings. The summed E-state index contributed by atoms with van der Waals surface area (Å²) >= 11 is 0. The molecule has 0 aromatic heterocycles. The Bertz CT molecular complexity index is 347. The molecule has 4 N–H and O–H groups in total. The van der Waals surface area contributed by atoms with Gasteiger partial charge < -0.3 is 15.9 Å². The lowest BCUT2D eigenvalue weighted by atomic mass is 9.89. The summed E-state index contributed by atoms with van der Waals surface area (Å²) < 4.78 is 0. The highest BCUT2D eigenvalue weighted by molar-refractivity contribution is 5.80. The number of carbonyl (C=O) groups is 1. The third kappa shape index (κ3) is 1.76. The van der Waals surface area contributed by atoms with Gasteiger partial charge in [-0.05, 0) is 18.1 Å². The van der Waals surface area contributed by atoms with E-state index in [2.05, 4.69) is 0 Å². The van der Waals surface area contributed by atoms with Crippen molar-refractivity contribution in [3.63, 3.8) is 0 Å². The zero-order valence-electron chi connectivity index (χ0n) is 7.90. The monoisotopic (exact) mass is 195 g/mol. The summed E-state index contributed by atoms with van der Waals surface area (Å²) in [7, 11) is 0. The van der Waals surface area contributed by atoms with Crippen molar-refractivity contribution in [3.05, 3.63) is 35.4 Å². The Morgan fingerprint density at radius 3 is 2.57 bits per heavy atom. The number of hydrogen-bond donors (Lipinski definition) is 3. The third-order valence-corrected chi connectivity index (χ3v) is 2.19.